The van der Waals surface area contributed by atoms with Crippen LogP contribution in [-0.4, -0.2) is 36.2 Å². The highest BCUT2D eigenvalue weighted by Crippen LogP contribution is 2.43. The van der Waals surface area contributed by atoms with Crippen LogP contribution in [-0.2, 0) is 10.2 Å². The number of aliphatic hydroxyl groups excluding tert-OH is 1. The Morgan fingerprint density at radius 1 is 1.37 bits per heavy atom. The van der Waals surface area contributed by atoms with Crippen molar-refractivity contribution in [2.45, 2.75) is 25.4 Å². The van der Waals surface area contributed by atoms with Crippen LogP contribution in [0.5, 0.6) is 17.2 Å². The first kappa shape index (κ1) is 13.5. The van der Waals surface area contributed by atoms with E-state index in [1.165, 1.54) is 7.11 Å². The van der Waals surface area contributed by atoms with Gasteiger partial charge in [-0.3, -0.25) is 0 Å². The van der Waals surface area contributed by atoms with Crippen molar-refractivity contribution < 1.29 is 29.2 Å². The Balaban J connectivity index is 2.52. The molecule has 0 amide bonds. The summed E-state index contributed by atoms with van der Waals surface area (Å²) in [6.45, 7) is 3.38. The van der Waals surface area contributed by atoms with Crippen LogP contribution >= 0.6 is 0 Å². The van der Waals surface area contributed by atoms with Crippen molar-refractivity contribution in [3.63, 3.8) is 0 Å². The maximum absolute atomic E-state index is 11.0. The predicted octanol–water partition coefficient (Wildman–Crippen LogP) is 1.15. The standard InChI is InChI=1S/C13H16O6/c1-13(2,11(14)12(15)16)7-4-9-10(19-6-18-9)5-8(7)17-3/h4-5,11,14H,6H2,1-3H3,(H,15,16). The average molecular weight is 268 g/mol. The van der Waals surface area contributed by atoms with Crippen molar-refractivity contribution in [3.05, 3.63) is 17.7 Å². The van der Waals surface area contributed by atoms with E-state index in [9.17, 15) is 9.90 Å². The SMILES string of the molecule is COc1cc2c(cc1C(C)(C)C(O)C(=O)O)OCO2. The molecule has 2 rings (SSSR count). The van der Waals surface area contributed by atoms with E-state index in [0.717, 1.165) is 0 Å². The summed E-state index contributed by atoms with van der Waals surface area (Å²) in [5.74, 6) is 0.224. The summed E-state index contributed by atoms with van der Waals surface area (Å²) in [5.41, 5.74) is -0.479. The van der Waals surface area contributed by atoms with Crippen LogP contribution in [0.2, 0.25) is 0 Å². The van der Waals surface area contributed by atoms with Crippen molar-refractivity contribution >= 4 is 5.97 Å². The number of aliphatic carboxylic acids is 1. The molecule has 1 unspecified atom stereocenters. The molecule has 0 aromatic heterocycles. The molecule has 0 saturated heterocycles. The Bertz CT molecular complexity index is 508. The van der Waals surface area contributed by atoms with Gasteiger partial charge in [-0.25, -0.2) is 4.79 Å². The maximum atomic E-state index is 11.0. The number of hydrogen-bond donors (Lipinski definition) is 2. The lowest BCUT2D eigenvalue weighted by Crippen LogP contribution is -2.40. The van der Waals surface area contributed by atoms with Crippen molar-refractivity contribution in [2.24, 2.45) is 0 Å². The van der Waals surface area contributed by atoms with Gasteiger partial charge in [-0.05, 0) is 6.07 Å². The molecule has 0 radical (unpaired) electrons. The molecule has 1 atom stereocenters. The normalized spacial score (nSPS) is 15.2. The van der Waals surface area contributed by atoms with Crippen molar-refractivity contribution in [3.8, 4) is 17.2 Å². The summed E-state index contributed by atoms with van der Waals surface area (Å²) >= 11 is 0. The maximum Gasteiger partial charge on any atom is 0.333 e. The Morgan fingerprint density at radius 2 is 1.95 bits per heavy atom. The lowest BCUT2D eigenvalue weighted by Gasteiger charge is -2.29. The molecule has 0 bridgehead atoms. The van der Waals surface area contributed by atoms with Crippen LogP contribution in [0.15, 0.2) is 12.1 Å². The van der Waals surface area contributed by atoms with E-state index in [1.54, 1.807) is 26.0 Å². The molecule has 1 aliphatic rings. The molecule has 6 heteroatoms. The smallest absolute Gasteiger partial charge is 0.333 e. The number of benzene rings is 1. The minimum absolute atomic E-state index is 0.115. The summed E-state index contributed by atoms with van der Waals surface area (Å²) in [5, 5.41) is 18.8. The van der Waals surface area contributed by atoms with Crippen LogP contribution in [0, 0.1) is 0 Å². The number of carboxylic acid groups (broad SMARTS) is 1. The quantitative estimate of drug-likeness (QED) is 0.852. The number of carbonyl (C=O) groups is 1. The third kappa shape index (κ3) is 2.19. The fourth-order valence-electron chi connectivity index (χ4n) is 2.05. The first-order chi connectivity index (χ1) is 8.87. The number of fused-ring (bicyclic) bond motifs is 1. The third-order valence-corrected chi connectivity index (χ3v) is 3.31. The van der Waals surface area contributed by atoms with Gasteiger partial charge in [0.25, 0.3) is 0 Å². The summed E-state index contributed by atoms with van der Waals surface area (Å²) in [6, 6.07) is 3.28. The van der Waals surface area contributed by atoms with Gasteiger partial charge in [-0.2, -0.15) is 0 Å². The van der Waals surface area contributed by atoms with Gasteiger partial charge in [-0.15, -0.1) is 0 Å². The zero-order valence-electron chi connectivity index (χ0n) is 11.0. The predicted molar refractivity (Wildman–Crippen MR) is 65.8 cm³/mol. The lowest BCUT2D eigenvalue weighted by molar-refractivity contribution is -0.150. The largest absolute Gasteiger partial charge is 0.496 e. The molecular weight excluding hydrogens is 252 g/mol. The van der Waals surface area contributed by atoms with Gasteiger partial charge in [0, 0.05) is 17.0 Å². The van der Waals surface area contributed by atoms with Crippen LogP contribution in [0.1, 0.15) is 19.4 Å². The molecule has 104 valence electrons. The molecule has 19 heavy (non-hydrogen) atoms. The number of methoxy groups -OCH3 is 1. The summed E-state index contributed by atoms with van der Waals surface area (Å²) < 4.78 is 15.7. The van der Waals surface area contributed by atoms with Gasteiger partial charge >= 0.3 is 5.97 Å². The summed E-state index contributed by atoms with van der Waals surface area (Å²) in [6.07, 6.45) is -1.55. The van der Waals surface area contributed by atoms with E-state index in [2.05, 4.69) is 0 Å². The molecule has 1 aromatic rings. The molecule has 6 nitrogen and oxygen atoms in total. The topological polar surface area (TPSA) is 85.2 Å². The summed E-state index contributed by atoms with van der Waals surface area (Å²) in [7, 11) is 1.48. The zero-order chi connectivity index (χ0) is 14.2. The highest BCUT2D eigenvalue weighted by molar-refractivity contribution is 5.75. The van der Waals surface area contributed by atoms with E-state index in [-0.39, 0.29) is 6.79 Å². The van der Waals surface area contributed by atoms with Crippen LogP contribution in [0.4, 0.5) is 0 Å². The lowest BCUT2D eigenvalue weighted by atomic mass is 9.78. The van der Waals surface area contributed by atoms with Gasteiger partial charge in [0.05, 0.1) is 7.11 Å². The summed E-state index contributed by atoms with van der Waals surface area (Å²) in [4.78, 5) is 11.0. The monoisotopic (exact) mass is 268 g/mol. The van der Waals surface area contributed by atoms with Crippen LogP contribution < -0.4 is 14.2 Å². The van der Waals surface area contributed by atoms with Gasteiger partial charge in [-0.1, -0.05) is 13.8 Å². The number of carboxylic acids is 1. The second-order valence-corrected chi connectivity index (χ2v) is 4.87. The second-order valence-electron chi connectivity index (χ2n) is 4.87. The number of rotatable bonds is 4. The molecule has 0 fully saturated rings. The molecular formula is C13H16O6. The molecule has 0 spiro atoms. The van der Waals surface area contributed by atoms with E-state index in [1.807, 2.05) is 0 Å². The van der Waals surface area contributed by atoms with Gasteiger partial charge in [0.15, 0.2) is 17.6 Å². The molecule has 2 N–H and O–H groups in total. The van der Waals surface area contributed by atoms with E-state index in [0.29, 0.717) is 22.8 Å². The highest BCUT2D eigenvalue weighted by Gasteiger charge is 2.38. The van der Waals surface area contributed by atoms with Gasteiger partial charge in [0.2, 0.25) is 6.79 Å². The molecule has 1 aromatic carbocycles. The Morgan fingerprint density at radius 3 is 2.47 bits per heavy atom. The van der Waals surface area contributed by atoms with E-state index in [4.69, 9.17) is 19.3 Å². The Labute approximate surface area is 110 Å². The van der Waals surface area contributed by atoms with Crippen molar-refractivity contribution in [2.75, 3.05) is 13.9 Å². The molecule has 0 aliphatic carbocycles. The molecule has 0 saturated carbocycles. The molecule has 1 aliphatic heterocycles. The van der Waals surface area contributed by atoms with E-state index < -0.39 is 17.5 Å². The Kier molecular flexibility index (Phi) is 3.28. The Hall–Kier alpha value is -1.95. The number of ether oxygens (including phenoxy) is 3. The highest BCUT2D eigenvalue weighted by atomic mass is 16.7. The van der Waals surface area contributed by atoms with E-state index >= 15 is 0 Å². The fraction of sp³-hybridized carbons (Fsp3) is 0.462. The van der Waals surface area contributed by atoms with Gasteiger partial charge in [0.1, 0.15) is 5.75 Å². The molecule has 1 heterocycles. The van der Waals surface area contributed by atoms with Crippen LogP contribution in [0.3, 0.4) is 0 Å². The van der Waals surface area contributed by atoms with Crippen LogP contribution in [0.25, 0.3) is 0 Å². The third-order valence-electron chi connectivity index (χ3n) is 3.31. The van der Waals surface area contributed by atoms with Gasteiger partial charge < -0.3 is 24.4 Å². The number of aliphatic hydroxyl groups is 1. The first-order valence-corrected chi connectivity index (χ1v) is 5.77. The first-order valence-electron chi connectivity index (χ1n) is 5.77. The van der Waals surface area contributed by atoms with Crippen molar-refractivity contribution in [1.29, 1.82) is 0 Å². The van der Waals surface area contributed by atoms with Crippen molar-refractivity contribution in [1.82, 2.24) is 0 Å². The zero-order valence-corrected chi connectivity index (χ0v) is 11.0. The minimum atomic E-state index is -1.55. The second kappa shape index (κ2) is 4.62. The fourth-order valence-corrected chi connectivity index (χ4v) is 2.05. The number of hydrogen-bond acceptors (Lipinski definition) is 5. The minimum Gasteiger partial charge on any atom is -0.496 e. The average Bonchev–Trinajstić information content (AvgIpc) is 2.82.